The van der Waals surface area contributed by atoms with Gasteiger partial charge in [0.2, 0.25) is 0 Å². The van der Waals surface area contributed by atoms with Gasteiger partial charge in [0.1, 0.15) is 0 Å². The Hall–Kier alpha value is -3.86. The monoisotopic (exact) mass is 383 g/mol. The van der Waals surface area contributed by atoms with E-state index in [9.17, 15) is 9.59 Å². The summed E-state index contributed by atoms with van der Waals surface area (Å²) in [7, 11) is 0. The zero-order valence-corrected chi connectivity index (χ0v) is 15.8. The first-order chi connectivity index (χ1) is 14.2. The minimum absolute atomic E-state index is 0.134. The number of aromatic amines is 1. The van der Waals surface area contributed by atoms with Crippen LogP contribution in [0.3, 0.4) is 0 Å². The molecule has 5 nitrogen and oxygen atoms in total. The lowest BCUT2D eigenvalue weighted by atomic mass is 10.1. The SMILES string of the molecule is O=C(NCCc1c[nH]c2ccccc12)c1ccc(NC(=O)c2ccccc2)cc1. The fourth-order valence-electron chi connectivity index (χ4n) is 3.25. The van der Waals surface area contributed by atoms with Crippen LogP contribution in [0.5, 0.6) is 0 Å². The van der Waals surface area contributed by atoms with E-state index in [1.165, 1.54) is 10.9 Å². The Morgan fingerprint density at radius 1 is 0.759 bits per heavy atom. The molecule has 0 radical (unpaired) electrons. The Morgan fingerprint density at radius 3 is 2.24 bits per heavy atom. The van der Waals surface area contributed by atoms with Crippen molar-refractivity contribution >= 4 is 28.4 Å². The smallest absolute Gasteiger partial charge is 0.255 e. The van der Waals surface area contributed by atoms with Crippen LogP contribution in [-0.2, 0) is 6.42 Å². The van der Waals surface area contributed by atoms with E-state index in [0.29, 0.717) is 23.4 Å². The highest BCUT2D eigenvalue weighted by atomic mass is 16.2. The van der Waals surface area contributed by atoms with E-state index < -0.39 is 0 Å². The molecule has 0 saturated carbocycles. The molecule has 29 heavy (non-hydrogen) atoms. The van der Waals surface area contributed by atoms with Gasteiger partial charge in [-0.25, -0.2) is 0 Å². The second-order valence-electron chi connectivity index (χ2n) is 6.76. The molecule has 1 aromatic heterocycles. The third-order valence-corrected chi connectivity index (χ3v) is 4.80. The summed E-state index contributed by atoms with van der Waals surface area (Å²) in [5, 5.41) is 6.96. The van der Waals surface area contributed by atoms with Crippen LogP contribution in [-0.4, -0.2) is 23.3 Å². The van der Waals surface area contributed by atoms with Gasteiger partial charge in [-0.3, -0.25) is 9.59 Å². The summed E-state index contributed by atoms with van der Waals surface area (Å²) in [6.45, 7) is 0.549. The molecule has 5 heteroatoms. The van der Waals surface area contributed by atoms with E-state index in [4.69, 9.17) is 0 Å². The van der Waals surface area contributed by atoms with E-state index in [0.717, 1.165) is 11.9 Å². The van der Waals surface area contributed by atoms with Crippen molar-refractivity contribution in [2.75, 3.05) is 11.9 Å². The largest absolute Gasteiger partial charge is 0.361 e. The van der Waals surface area contributed by atoms with Crippen molar-refractivity contribution in [3.8, 4) is 0 Å². The number of rotatable bonds is 6. The normalized spacial score (nSPS) is 10.6. The number of hydrogen-bond donors (Lipinski definition) is 3. The Labute approximate surface area is 168 Å². The highest BCUT2D eigenvalue weighted by molar-refractivity contribution is 6.04. The van der Waals surface area contributed by atoms with E-state index in [1.807, 2.05) is 42.6 Å². The quantitative estimate of drug-likeness (QED) is 0.462. The standard InChI is InChI=1S/C24H21N3O2/c28-23(25-15-14-19-16-26-22-9-5-4-8-21(19)22)18-10-12-20(13-11-18)27-24(29)17-6-2-1-3-7-17/h1-13,16,26H,14-15H2,(H,25,28)(H,27,29). The first-order valence-corrected chi connectivity index (χ1v) is 9.50. The zero-order chi connectivity index (χ0) is 20.1. The second kappa shape index (κ2) is 8.44. The van der Waals surface area contributed by atoms with Crippen molar-refractivity contribution in [1.29, 1.82) is 0 Å². The molecule has 2 amide bonds. The molecule has 0 aliphatic carbocycles. The average molecular weight is 383 g/mol. The maximum atomic E-state index is 12.4. The number of hydrogen-bond acceptors (Lipinski definition) is 2. The summed E-state index contributed by atoms with van der Waals surface area (Å²) in [5.74, 6) is -0.313. The van der Waals surface area contributed by atoms with Gasteiger partial charge in [0.05, 0.1) is 0 Å². The van der Waals surface area contributed by atoms with Crippen molar-refractivity contribution in [1.82, 2.24) is 10.3 Å². The molecule has 0 spiro atoms. The van der Waals surface area contributed by atoms with Crippen molar-refractivity contribution in [3.63, 3.8) is 0 Å². The number of anilines is 1. The lowest BCUT2D eigenvalue weighted by Gasteiger charge is -2.08. The first kappa shape index (κ1) is 18.5. The van der Waals surface area contributed by atoms with Crippen molar-refractivity contribution in [2.24, 2.45) is 0 Å². The van der Waals surface area contributed by atoms with Gasteiger partial charge in [0.15, 0.2) is 0 Å². The van der Waals surface area contributed by atoms with Crippen molar-refractivity contribution < 1.29 is 9.59 Å². The topological polar surface area (TPSA) is 74.0 Å². The van der Waals surface area contributed by atoms with Gasteiger partial charge in [0.25, 0.3) is 11.8 Å². The van der Waals surface area contributed by atoms with Gasteiger partial charge in [-0.05, 0) is 54.4 Å². The number of H-pyrrole nitrogens is 1. The van der Waals surface area contributed by atoms with Crippen LogP contribution >= 0.6 is 0 Å². The Morgan fingerprint density at radius 2 is 1.45 bits per heavy atom. The highest BCUT2D eigenvalue weighted by Gasteiger charge is 2.09. The molecule has 0 atom stereocenters. The minimum atomic E-state index is -0.179. The summed E-state index contributed by atoms with van der Waals surface area (Å²) in [6, 6.07) is 24.0. The van der Waals surface area contributed by atoms with E-state index in [1.54, 1.807) is 36.4 Å². The number of carbonyl (C=O) groups excluding carboxylic acids is 2. The summed E-state index contributed by atoms with van der Waals surface area (Å²) in [4.78, 5) is 27.8. The lowest BCUT2D eigenvalue weighted by molar-refractivity contribution is 0.0953. The number of nitrogens with one attached hydrogen (secondary N) is 3. The van der Waals surface area contributed by atoms with Crippen molar-refractivity contribution in [2.45, 2.75) is 6.42 Å². The number of aromatic nitrogens is 1. The highest BCUT2D eigenvalue weighted by Crippen LogP contribution is 2.18. The predicted molar refractivity (Wildman–Crippen MR) is 115 cm³/mol. The van der Waals surface area contributed by atoms with Gasteiger partial charge >= 0.3 is 0 Å². The average Bonchev–Trinajstić information content (AvgIpc) is 3.18. The maximum absolute atomic E-state index is 12.4. The Bertz CT molecular complexity index is 1130. The molecule has 4 aromatic rings. The fraction of sp³-hybridized carbons (Fsp3) is 0.0833. The lowest BCUT2D eigenvalue weighted by Crippen LogP contribution is -2.25. The van der Waals surface area contributed by atoms with E-state index in [-0.39, 0.29) is 11.8 Å². The molecule has 0 aliphatic rings. The number of fused-ring (bicyclic) bond motifs is 1. The Balaban J connectivity index is 1.31. The van der Waals surface area contributed by atoms with Gasteiger partial charge < -0.3 is 15.6 Å². The molecule has 0 fully saturated rings. The molecule has 0 unspecified atom stereocenters. The second-order valence-corrected chi connectivity index (χ2v) is 6.76. The summed E-state index contributed by atoms with van der Waals surface area (Å²) < 4.78 is 0. The van der Waals surface area contributed by atoms with Crippen LogP contribution in [0, 0.1) is 0 Å². The summed E-state index contributed by atoms with van der Waals surface area (Å²) in [6.07, 6.45) is 2.74. The molecule has 4 rings (SSSR count). The zero-order valence-electron chi connectivity index (χ0n) is 15.8. The van der Waals surface area contributed by atoms with Crippen LogP contribution in [0.15, 0.2) is 85.1 Å². The first-order valence-electron chi connectivity index (χ1n) is 9.50. The predicted octanol–water partition coefficient (Wildman–Crippen LogP) is 4.39. The third kappa shape index (κ3) is 4.35. The van der Waals surface area contributed by atoms with E-state index in [2.05, 4.69) is 21.7 Å². The van der Waals surface area contributed by atoms with Crippen LogP contribution in [0.1, 0.15) is 26.3 Å². The number of para-hydroxylation sites is 1. The van der Waals surface area contributed by atoms with Gasteiger partial charge in [-0.1, -0.05) is 36.4 Å². The summed E-state index contributed by atoms with van der Waals surface area (Å²) >= 11 is 0. The molecular weight excluding hydrogens is 362 g/mol. The molecule has 0 bridgehead atoms. The Kier molecular flexibility index (Phi) is 5.38. The fourth-order valence-corrected chi connectivity index (χ4v) is 3.25. The molecule has 3 aromatic carbocycles. The van der Waals surface area contributed by atoms with Gasteiger partial charge in [0, 0.05) is 40.5 Å². The van der Waals surface area contributed by atoms with Gasteiger partial charge in [-0.15, -0.1) is 0 Å². The van der Waals surface area contributed by atoms with E-state index >= 15 is 0 Å². The van der Waals surface area contributed by atoms with Crippen molar-refractivity contribution in [3.05, 3.63) is 102 Å². The maximum Gasteiger partial charge on any atom is 0.255 e. The number of benzene rings is 3. The van der Waals surface area contributed by atoms with Crippen LogP contribution in [0.2, 0.25) is 0 Å². The van der Waals surface area contributed by atoms with Crippen LogP contribution in [0.25, 0.3) is 10.9 Å². The van der Waals surface area contributed by atoms with Gasteiger partial charge in [-0.2, -0.15) is 0 Å². The van der Waals surface area contributed by atoms with Crippen LogP contribution < -0.4 is 10.6 Å². The number of carbonyl (C=O) groups is 2. The van der Waals surface area contributed by atoms with Crippen LogP contribution in [0.4, 0.5) is 5.69 Å². The third-order valence-electron chi connectivity index (χ3n) is 4.80. The molecule has 0 aliphatic heterocycles. The summed E-state index contributed by atoms with van der Waals surface area (Å²) in [5.41, 5.74) is 4.07. The molecule has 3 N–H and O–H groups in total. The molecular formula is C24H21N3O2. The number of amides is 2. The molecule has 144 valence electrons. The molecule has 0 saturated heterocycles. The molecule has 1 heterocycles. The minimum Gasteiger partial charge on any atom is -0.361 e.